The molecule has 1 amide bonds. The van der Waals surface area contributed by atoms with Crippen molar-refractivity contribution in [3.8, 4) is 5.75 Å². The zero-order valence-electron chi connectivity index (χ0n) is 15.5. The maximum Gasteiger partial charge on any atom is 0.250 e. The summed E-state index contributed by atoms with van der Waals surface area (Å²) in [7, 11) is -3.53. The van der Waals surface area contributed by atoms with E-state index in [2.05, 4.69) is 4.72 Å². The number of aryl methyl sites for hydroxylation is 1. The Bertz CT molecular complexity index is 891. The Hall–Kier alpha value is -1.90. The van der Waals surface area contributed by atoms with Gasteiger partial charge in [-0.15, -0.1) is 11.3 Å². The number of hydrogen-bond donors (Lipinski definition) is 1. The maximum atomic E-state index is 12.4. The lowest BCUT2D eigenvalue weighted by Gasteiger charge is -2.17. The molecule has 0 spiro atoms. The zero-order valence-corrected chi connectivity index (χ0v) is 17.1. The molecule has 2 aromatic rings. The average Bonchev–Trinajstić information content (AvgIpc) is 3.28. The highest BCUT2D eigenvalue weighted by Crippen LogP contribution is 2.27. The van der Waals surface area contributed by atoms with Crippen molar-refractivity contribution >= 4 is 33.0 Å². The first-order valence-electron chi connectivity index (χ1n) is 9.04. The van der Waals surface area contributed by atoms with Crippen molar-refractivity contribution in [3.63, 3.8) is 0 Å². The van der Waals surface area contributed by atoms with E-state index in [1.54, 1.807) is 11.0 Å². The molecule has 1 fully saturated rings. The molecule has 0 saturated carbocycles. The van der Waals surface area contributed by atoms with Gasteiger partial charge in [0, 0.05) is 30.1 Å². The highest BCUT2D eigenvalue weighted by molar-refractivity contribution is 7.91. The second kappa shape index (κ2) is 8.41. The SMILES string of the molecule is CCOc1ccc(N2CC(CNS(=O)(=O)c3ccc(CC)s3)CC2=O)cc1. The van der Waals surface area contributed by atoms with Crippen LogP contribution in [0, 0.1) is 5.92 Å². The second-order valence-electron chi connectivity index (χ2n) is 6.43. The molecular formula is C19H24N2O4S2. The fourth-order valence-electron chi connectivity index (χ4n) is 3.05. The molecule has 8 heteroatoms. The summed E-state index contributed by atoms with van der Waals surface area (Å²) in [5.41, 5.74) is 0.805. The largest absolute Gasteiger partial charge is 0.494 e. The number of ether oxygens (including phenoxy) is 1. The number of nitrogens with zero attached hydrogens (tertiary/aromatic N) is 1. The number of anilines is 1. The number of benzene rings is 1. The lowest BCUT2D eigenvalue weighted by Crippen LogP contribution is -2.31. The number of carbonyl (C=O) groups excluding carboxylic acids is 1. The van der Waals surface area contributed by atoms with Gasteiger partial charge in [0.05, 0.1) is 6.61 Å². The molecule has 0 aliphatic carbocycles. The first-order valence-corrected chi connectivity index (χ1v) is 11.3. The summed E-state index contributed by atoms with van der Waals surface area (Å²) in [6.45, 7) is 5.26. The van der Waals surface area contributed by atoms with E-state index in [-0.39, 0.29) is 18.4 Å². The number of amides is 1. The van der Waals surface area contributed by atoms with Gasteiger partial charge in [0.1, 0.15) is 9.96 Å². The second-order valence-corrected chi connectivity index (χ2v) is 9.59. The van der Waals surface area contributed by atoms with Crippen molar-refractivity contribution in [1.29, 1.82) is 0 Å². The fourth-order valence-corrected chi connectivity index (χ4v) is 5.50. The molecular weight excluding hydrogens is 384 g/mol. The predicted octanol–water partition coefficient (Wildman–Crippen LogP) is 3.04. The van der Waals surface area contributed by atoms with E-state index in [1.807, 2.05) is 44.2 Å². The Balaban J connectivity index is 1.60. The quantitative estimate of drug-likeness (QED) is 0.728. The molecule has 0 bridgehead atoms. The summed E-state index contributed by atoms with van der Waals surface area (Å²) in [4.78, 5) is 15.1. The van der Waals surface area contributed by atoms with Crippen LogP contribution in [0.25, 0.3) is 0 Å². The van der Waals surface area contributed by atoms with Crippen LogP contribution in [0.5, 0.6) is 5.75 Å². The third kappa shape index (κ3) is 4.69. The van der Waals surface area contributed by atoms with Gasteiger partial charge < -0.3 is 9.64 Å². The molecule has 146 valence electrons. The molecule has 1 aromatic heterocycles. The van der Waals surface area contributed by atoms with Crippen molar-refractivity contribution in [2.45, 2.75) is 30.9 Å². The first kappa shape index (κ1) is 19.9. The minimum atomic E-state index is -3.53. The Morgan fingerprint density at radius 3 is 2.56 bits per heavy atom. The molecule has 1 saturated heterocycles. The summed E-state index contributed by atoms with van der Waals surface area (Å²) >= 11 is 1.29. The van der Waals surface area contributed by atoms with Crippen molar-refractivity contribution < 1.29 is 17.9 Å². The van der Waals surface area contributed by atoms with Gasteiger partial charge in [-0.3, -0.25) is 4.79 Å². The average molecular weight is 409 g/mol. The lowest BCUT2D eigenvalue weighted by molar-refractivity contribution is -0.117. The number of hydrogen-bond acceptors (Lipinski definition) is 5. The molecule has 1 aromatic carbocycles. The molecule has 1 N–H and O–H groups in total. The molecule has 3 rings (SSSR count). The summed E-state index contributed by atoms with van der Waals surface area (Å²) < 4.78 is 33.3. The summed E-state index contributed by atoms with van der Waals surface area (Å²) in [5, 5.41) is 0. The van der Waals surface area contributed by atoms with E-state index in [0.29, 0.717) is 23.8 Å². The van der Waals surface area contributed by atoms with Gasteiger partial charge in [-0.25, -0.2) is 13.1 Å². The minimum Gasteiger partial charge on any atom is -0.494 e. The van der Waals surface area contributed by atoms with Gasteiger partial charge in [-0.05, 0) is 55.7 Å². The van der Waals surface area contributed by atoms with E-state index in [1.165, 1.54) is 11.3 Å². The molecule has 27 heavy (non-hydrogen) atoms. The van der Waals surface area contributed by atoms with Crippen molar-refractivity contribution in [1.82, 2.24) is 4.72 Å². The van der Waals surface area contributed by atoms with E-state index in [4.69, 9.17) is 4.74 Å². The number of carbonyl (C=O) groups is 1. The van der Waals surface area contributed by atoms with Crippen LogP contribution in [-0.4, -0.2) is 34.0 Å². The van der Waals surface area contributed by atoms with Gasteiger partial charge in [-0.2, -0.15) is 0 Å². The van der Waals surface area contributed by atoms with Crippen LogP contribution in [0.15, 0.2) is 40.6 Å². The Labute approximate surface area is 164 Å². The topological polar surface area (TPSA) is 75.7 Å². The van der Waals surface area contributed by atoms with Gasteiger partial charge >= 0.3 is 0 Å². The highest BCUT2D eigenvalue weighted by Gasteiger charge is 2.31. The monoisotopic (exact) mass is 408 g/mol. The van der Waals surface area contributed by atoms with Gasteiger partial charge in [0.25, 0.3) is 0 Å². The summed E-state index contributed by atoms with van der Waals surface area (Å²) in [5.74, 6) is 0.719. The lowest BCUT2D eigenvalue weighted by atomic mass is 10.1. The highest BCUT2D eigenvalue weighted by atomic mass is 32.2. The number of nitrogens with one attached hydrogen (secondary N) is 1. The minimum absolute atomic E-state index is 0.00718. The molecule has 1 aliphatic heterocycles. The number of sulfonamides is 1. The van der Waals surface area contributed by atoms with Crippen molar-refractivity contribution in [3.05, 3.63) is 41.3 Å². The molecule has 0 radical (unpaired) electrons. The first-order chi connectivity index (χ1) is 12.9. The van der Waals surface area contributed by atoms with Gasteiger partial charge in [0.2, 0.25) is 15.9 Å². The Morgan fingerprint density at radius 1 is 1.19 bits per heavy atom. The smallest absolute Gasteiger partial charge is 0.250 e. The van der Waals surface area contributed by atoms with E-state index < -0.39 is 10.0 Å². The van der Waals surface area contributed by atoms with Crippen LogP contribution < -0.4 is 14.4 Å². The predicted molar refractivity (Wildman–Crippen MR) is 107 cm³/mol. The summed E-state index contributed by atoms with van der Waals surface area (Å²) in [6.07, 6.45) is 1.15. The van der Waals surface area contributed by atoms with E-state index >= 15 is 0 Å². The molecule has 1 aliphatic rings. The molecule has 1 unspecified atom stereocenters. The van der Waals surface area contributed by atoms with Crippen molar-refractivity contribution in [2.75, 3.05) is 24.6 Å². The Kier molecular flexibility index (Phi) is 6.18. The summed E-state index contributed by atoms with van der Waals surface area (Å²) in [6, 6.07) is 10.9. The third-order valence-electron chi connectivity index (χ3n) is 4.48. The number of rotatable bonds is 8. The molecule has 2 heterocycles. The van der Waals surface area contributed by atoms with Crippen LogP contribution in [0.4, 0.5) is 5.69 Å². The van der Waals surface area contributed by atoms with Crippen molar-refractivity contribution in [2.24, 2.45) is 5.92 Å². The Morgan fingerprint density at radius 2 is 1.93 bits per heavy atom. The maximum absolute atomic E-state index is 12.4. The van der Waals surface area contributed by atoms with E-state index in [0.717, 1.165) is 22.7 Å². The fraction of sp³-hybridized carbons (Fsp3) is 0.421. The van der Waals surface area contributed by atoms with Crippen LogP contribution in [-0.2, 0) is 21.2 Å². The molecule has 1 atom stereocenters. The standard InChI is InChI=1S/C19H24N2O4S2/c1-3-17-9-10-19(26-17)27(23,24)20-12-14-11-18(22)21(13-14)15-5-7-16(8-6-15)25-4-2/h5-10,14,20H,3-4,11-13H2,1-2H3. The third-order valence-corrected chi connectivity index (χ3v) is 7.62. The van der Waals surface area contributed by atoms with Crippen LogP contribution in [0.2, 0.25) is 0 Å². The van der Waals surface area contributed by atoms with Crippen LogP contribution >= 0.6 is 11.3 Å². The number of thiophene rings is 1. The van der Waals surface area contributed by atoms with Crippen LogP contribution in [0.3, 0.4) is 0 Å². The van der Waals surface area contributed by atoms with Gasteiger partial charge in [-0.1, -0.05) is 6.92 Å². The molecule has 6 nitrogen and oxygen atoms in total. The normalized spacial score (nSPS) is 17.5. The van der Waals surface area contributed by atoms with Gasteiger partial charge in [0.15, 0.2) is 0 Å². The van der Waals surface area contributed by atoms with Crippen LogP contribution in [0.1, 0.15) is 25.1 Å². The zero-order chi connectivity index (χ0) is 19.4. The van der Waals surface area contributed by atoms with E-state index in [9.17, 15) is 13.2 Å².